The van der Waals surface area contributed by atoms with Crippen molar-refractivity contribution in [3.8, 4) is 0 Å². The largest absolute Gasteiger partial charge is 0.330 e. The molecule has 2 heteroatoms. The van der Waals surface area contributed by atoms with Crippen LogP contribution < -0.4 is 5.73 Å². The zero-order valence-corrected chi connectivity index (χ0v) is 9.11. The van der Waals surface area contributed by atoms with Crippen molar-refractivity contribution in [1.82, 2.24) is 0 Å². The Labute approximate surface area is 82.1 Å². The van der Waals surface area contributed by atoms with E-state index in [-0.39, 0.29) is 0 Å². The predicted octanol–water partition coefficient (Wildman–Crippen LogP) is 2.57. The predicted molar refractivity (Wildman–Crippen MR) is 56.4 cm³/mol. The molecule has 0 saturated heterocycles. The molecule has 0 spiro atoms. The first-order chi connectivity index (χ1) is 5.65. The maximum atomic E-state index is 5.50. The number of benzene rings is 1. The van der Waals surface area contributed by atoms with Crippen LogP contribution in [0.3, 0.4) is 0 Å². The minimum atomic E-state index is 0.719. The molecule has 12 heavy (non-hydrogen) atoms. The van der Waals surface area contributed by atoms with Crippen LogP contribution in [0, 0.1) is 13.8 Å². The van der Waals surface area contributed by atoms with Gasteiger partial charge >= 0.3 is 0 Å². The fourth-order valence-electron chi connectivity index (χ4n) is 1.29. The molecule has 0 aromatic heterocycles. The molecule has 0 aliphatic rings. The number of halogens is 1. The van der Waals surface area contributed by atoms with Gasteiger partial charge in [0.15, 0.2) is 0 Å². The lowest BCUT2D eigenvalue weighted by atomic mass is 10.0. The Morgan fingerprint density at radius 3 is 2.50 bits per heavy atom. The second-order valence-electron chi connectivity index (χ2n) is 3.07. The van der Waals surface area contributed by atoms with Gasteiger partial charge in [-0.05, 0) is 49.6 Å². The summed E-state index contributed by atoms with van der Waals surface area (Å²) in [5.74, 6) is 0. The van der Waals surface area contributed by atoms with Crippen LogP contribution in [0.1, 0.15) is 16.7 Å². The molecule has 0 aliphatic carbocycles. The second kappa shape index (κ2) is 4.06. The number of hydrogen-bond acceptors (Lipinski definition) is 1. The summed E-state index contributed by atoms with van der Waals surface area (Å²) in [6, 6.07) is 4.35. The van der Waals surface area contributed by atoms with Gasteiger partial charge in [-0.25, -0.2) is 0 Å². The smallest absolute Gasteiger partial charge is 0.0207 e. The van der Waals surface area contributed by atoms with Crippen LogP contribution in [-0.2, 0) is 6.42 Å². The average molecular weight is 228 g/mol. The maximum absolute atomic E-state index is 5.50. The molecule has 0 atom stereocenters. The van der Waals surface area contributed by atoms with Crippen molar-refractivity contribution in [2.75, 3.05) is 6.54 Å². The van der Waals surface area contributed by atoms with Crippen LogP contribution >= 0.6 is 15.9 Å². The molecule has 1 aromatic carbocycles. The highest BCUT2D eigenvalue weighted by Gasteiger charge is 2.01. The van der Waals surface area contributed by atoms with Gasteiger partial charge in [-0.15, -0.1) is 0 Å². The van der Waals surface area contributed by atoms with E-state index in [1.807, 2.05) is 0 Å². The molecule has 1 rings (SSSR count). The molecule has 0 heterocycles. The molecule has 0 saturated carbocycles. The summed E-state index contributed by atoms with van der Waals surface area (Å²) in [5, 5.41) is 0. The SMILES string of the molecule is Cc1cc(C)c(CCN)cc1Br. The van der Waals surface area contributed by atoms with Crippen LogP contribution in [0.15, 0.2) is 16.6 Å². The summed E-state index contributed by atoms with van der Waals surface area (Å²) in [7, 11) is 0. The summed E-state index contributed by atoms with van der Waals surface area (Å²) in [4.78, 5) is 0. The highest BCUT2D eigenvalue weighted by molar-refractivity contribution is 9.10. The van der Waals surface area contributed by atoms with Gasteiger partial charge in [-0.1, -0.05) is 22.0 Å². The van der Waals surface area contributed by atoms with Gasteiger partial charge in [-0.2, -0.15) is 0 Å². The van der Waals surface area contributed by atoms with Gasteiger partial charge in [0.05, 0.1) is 0 Å². The molecule has 66 valence electrons. The van der Waals surface area contributed by atoms with Gasteiger partial charge in [0.1, 0.15) is 0 Å². The molecule has 0 aliphatic heterocycles. The summed E-state index contributed by atoms with van der Waals surface area (Å²) in [6.45, 7) is 4.95. The van der Waals surface area contributed by atoms with Crippen LogP contribution in [0.4, 0.5) is 0 Å². The third kappa shape index (κ3) is 2.08. The van der Waals surface area contributed by atoms with Crippen LogP contribution in [-0.4, -0.2) is 6.54 Å². The normalized spacial score (nSPS) is 10.3. The first-order valence-corrected chi connectivity index (χ1v) is 4.90. The third-order valence-corrected chi connectivity index (χ3v) is 2.89. The van der Waals surface area contributed by atoms with Crippen molar-refractivity contribution in [3.63, 3.8) is 0 Å². The van der Waals surface area contributed by atoms with E-state index in [1.165, 1.54) is 21.2 Å². The fraction of sp³-hybridized carbons (Fsp3) is 0.400. The number of aryl methyl sites for hydroxylation is 2. The highest BCUT2D eigenvalue weighted by atomic mass is 79.9. The molecule has 2 N–H and O–H groups in total. The van der Waals surface area contributed by atoms with E-state index >= 15 is 0 Å². The van der Waals surface area contributed by atoms with Gasteiger partial charge in [0.2, 0.25) is 0 Å². The summed E-state index contributed by atoms with van der Waals surface area (Å²) in [6.07, 6.45) is 0.963. The Morgan fingerprint density at radius 1 is 1.25 bits per heavy atom. The Bertz CT molecular complexity index is 281. The molecule has 0 unspecified atom stereocenters. The Balaban J connectivity index is 3.05. The molecule has 0 fully saturated rings. The molecule has 1 aromatic rings. The van der Waals surface area contributed by atoms with Crippen molar-refractivity contribution in [2.45, 2.75) is 20.3 Å². The van der Waals surface area contributed by atoms with E-state index in [4.69, 9.17) is 5.73 Å². The molecule has 0 amide bonds. The topological polar surface area (TPSA) is 26.0 Å². The van der Waals surface area contributed by atoms with Crippen molar-refractivity contribution < 1.29 is 0 Å². The van der Waals surface area contributed by atoms with Gasteiger partial charge in [-0.3, -0.25) is 0 Å². The average Bonchev–Trinajstić information content (AvgIpc) is 2.01. The van der Waals surface area contributed by atoms with Crippen molar-refractivity contribution >= 4 is 15.9 Å². The number of nitrogens with two attached hydrogens (primary N) is 1. The van der Waals surface area contributed by atoms with E-state index < -0.39 is 0 Å². The van der Waals surface area contributed by atoms with Gasteiger partial charge in [0, 0.05) is 4.47 Å². The standard InChI is InChI=1S/C10H14BrN/c1-7-5-8(2)10(11)6-9(7)3-4-12/h5-6H,3-4,12H2,1-2H3. The first-order valence-electron chi connectivity index (χ1n) is 4.11. The lowest BCUT2D eigenvalue weighted by Gasteiger charge is -2.07. The van der Waals surface area contributed by atoms with Crippen LogP contribution in [0.5, 0.6) is 0 Å². The quantitative estimate of drug-likeness (QED) is 0.827. The van der Waals surface area contributed by atoms with E-state index in [0.717, 1.165) is 13.0 Å². The minimum absolute atomic E-state index is 0.719. The van der Waals surface area contributed by atoms with Crippen molar-refractivity contribution in [3.05, 3.63) is 33.3 Å². The summed E-state index contributed by atoms with van der Waals surface area (Å²) in [5.41, 5.74) is 9.46. The van der Waals surface area contributed by atoms with Crippen molar-refractivity contribution in [2.24, 2.45) is 5.73 Å². The first kappa shape index (κ1) is 9.75. The number of rotatable bonds is 2. The Morgan fingerprint density at radius 2 is 1.92 bits per heavy atom. The zero-order valence-electron chi connectivity index (χ0n) is 7.52. The Kier molecular flexibility index (Phi) is 3.29. The van der Waals surface area contributed by atoms with E-state index in [1.54, 1.807) is 0 Å². The van der Waals surface area contributed by atoms with Gasteiger partial charge in [0.25, 0.3) is 0 Å². The molecular weight excluding hydrogens is 214 g/mol. The fourth-order valence-corrected chi connectivity index (χ4v) is 1.68. The second-order valence-corrected chi connectivity index (χ2v) is 3.92. The van der Waals surface area contributed by atoms with E-state index in [0.29, 0.717) is 0 Å². The third-order valence-electron chi connectivity index (χ3n) is 2.03. The molecule has 1 nitrogen and oxygen atoms in total. The van der Waals surface area contributed by atoms with E-state index in [9.17, 15) is 0 Å². The van der Waals surface area contributed by atoms with Crippen LogP contribution in [0.2, 0.25) is 0 Å². The van der Waals surface area contributed by atoms with Gasteiger partial charge < -0.3 is 5.73 Å². The van der Waals surface area contributed by atoms with E-state index in [2.05, 4.69) is 41.9 Å². The maximum Gasteiger partial charge on any atom is 0.0207 e. The molecular formula is C10H14BrN. The summed E-state index contributed by atoms with van der Waals surface area (Å²) >= 11 is 3.51. The lowest BCUT2D eigenvalue weighted by Crippen LogP contribution is -2.04. The van der Waals surface area contributed by atoms with Crippen LogP contribution in [0.25, 0.3) is 0 Å². The summed E-state index contributed by atoms with van der Waals surface area (Å²) < 4.78 is 1.18. The molecule has 0 radical (unpaired) electrons. The molecule has 0 bridgehead atoms. The number of hydrogen-bond donors (Lipinski definition) is 1. The Hall–Kier alpha value is -0.340. The van der Waals surface area contributed by atoms with Crippen molar-refractivity contribution in [1.29, 1.82) is 0 Å². The monoisotopic (exact) mass is 227 g/mol. The zero-order chi connectivity index (χ0) is 9.14. The minimum Gasteiger partial charge on any atom is -0.330 e. The lowest BCUT2D eigenvalue weighted by molar-refractivity contribution is 0.955. The highest BCUT2D eigenvalue weighted by Crippen LogP contribution is 2.21.